The molecule has 1 aromatic carbocycles. The maximum atomic E-state index is 9.01. The number of aliphatic hydroxyl groups is 1. The number of nitrogens with zero attached hydrogens (tertiary/aromatic N) is 1. The molecule has 0 aliphatic carbocycles. The van der Waals surface area contributed by atoms with E-state index in [1.807, 2.05) is 6.92 Å². The quantitative estimate of drug-likeness (QED) is 0.773. The maximum Gasteiger partial charge on any atom is 0.0606 e. The minimum atomic E-state index is 0.0755. The predicted molar refractivity (Wildman–Crippen MR) is 68.6 cm³/mol. The van der Waals surface area contributed by atoms with Crippen LogP contribution >= 0.6 is 0 Å². The highest BCUT2D eigenvalue weighted by Crippen LogP contribution is 2.18. The molecule has 0 heterocycles. The van der Waals surface area contributed by atoms with Gasteiger partial charge in [-0.15, -0.1) is 0 Å². The molecule has 3 N–H and O–H groups in total. The van der Waals surface area contributed by atoms with Gasteiger partial charge in [0.05, 0.1) is 6.61 Å². The third kappa shape index (κ3) is 3.51. The molecule has 0 radical (unpaired) electrons. The molecule has 90 valence electrons. The zero-order valence-corrected chi connectivity index (χ0v) is 10.2. The van der Waals surface area contributed by atoms with Gasteiger partial charge in [-0.1, -0.05) is 19.1 Å². The van der Waals surface area contributed by atoms with Gasteiger partial charge >= 0.3 is 0 Å². The van der Waals surface area contributed by atoms with E-state index in [0.29, 0.717) is 6.54 Å². The Morgan fingerprint density at radius 2 is 1.88 bits per heavy atom. The number of rotatable bonds is 6. The van der Waals surface area contributed by atoms with Crippen LogP contribution in [0, 0.1) is 0 Å². The van der Waals surface area contributed by atoms with Crippen LogP contribution in [-0.4, -0.2) is 24.8 Å². The third-order valence-corrected chi connectivity index (χ3v) is 2.65. The Kier molecular flexibility index (Phi) is 5.29. The van der Waals surface area contributed by atoms with Gasteiger partial charge in [-0.2, -0.15) is 0 Å². The lowest BCUT2D eigenvalue weighted by Crippen LogP contribution is -2.27. The van der Waals surface area contributed by atoms with Crippen LogP contribution in [0.2, 0.25) is 0 Å². The number of anilines is 1. The van der Waals surface area contributed by atoms with Crippen LogP contribution in [0.1, 0.15) is 31.9 Å². The molecule has 3 nitrogen and oxygen atoms in total. The SMILES string of the molecule is CCCN(CCO)c1ccc([C@H](C)N)cc1. The second-order valence-corrected chi connectivity index (χ2v) is 4.09. The van der Waals surface area contributed by atoms with Crippen molar-refractivity contribution in [2.24, 2.45) is 5.73 Å². The highest BCUT2D eigenvalue weighted by Gasteiger charge is 2.05. The lowest BCUT2D eigenvalue weighted by atomic mass is 10.1. The van der Waals surface area contributed by atoms with Crippen molar-refractivity contribution < 1.29 is 5.11 Å². The lowest BCUT2D eigenvalue weighted by Gasteiger charge is -2.23. The van der Waals surface area contributed by atoms with Crippen LogP contribution < -0.4 is 10.6 Å². The zero-order chi connectivity index (χ0) is 12.0. The summed E-state index contributed by atoms with van der Waals surface area (Å²) < 4.78 is 0. The minimum absolute atomic E-state index is 0.0755. The largest absolute Gasteiger partial charge is 0.395 e. The van der Waals surface area contributed by atoms with Crippen molar-refractivity contribution in [3.05, 3.63) is 29.8 Å². The van der Waals surface area contributed by atoms with Crippen LogP contribution in [0.15, 0.2) is 24.3 Å². The molecule has 0 bridgehead atoms. The van der Waals surface area contributed by atoms with Crippen LogP contribution in [0.4, 0.5) is 5.69 Å². The summed E-state index contributed by atoms with van der Waals surface area (Å²) in [6.45, 7) is 5.96. The molecule has 0 amide bonds. The van der Waals surface area contributed by atoms with E-state index in [0.717, 1.165) is 24.2 Å². The molecule has 0 unspecified atom stereocenters. The van der Waals surface area contributed by atoms with E-state index in [4.69, 9.17) is 10.8 Å². The number of hydrogen-bond acceptors (Lipinski definition) is 3. The second-order valence-electron chi connectivity index (χ2n) is 4.09. The second kappa shape index (κ2) is 6.51. The van der Waals surface area contributed by atoms with Crippen LogP contribution in [0.25, 0.3) is 0 Å². The molecule has 1 atom stereocenters. The molecule has 0 aromatic heterocycles. The van der Waals surface area contributed by atoms with Gasteiger partial charge in [-0.25, -0.2) is 0 Å². The number of benzene rings is 1. The fraction of sp³-hybridized carbons (Fsp3) is 0.538. The summed E-state index contributed by atoms with van der Waals surface area (Å²) >= 11 is 0. The molecule has 1 rings (SSSR count). The van der Waals surface area contributed by atoms with Crippen LogP contribution in [-0.2, 0) is 0 Å². The Hall–Kier alpha value is -1.06. The van der Waals surface area contributed by atoms with Gasteiger partial charge in [0.2, 0.25) is 0 Å². The first-order valence-corrected chi connectivity index (χ1v) is 5.90. The summed E-state index contributed by atoms with van der Waals surface area (Å²) in [4.78, 5) is 2.19. The fourth-order valence-corrected chi connectivity index (χ4v) is 1.75. The summed E-state index contributed by atoms with van der Waals surface area (Å²) in [5, 5.41) is 9.01. The molecular formula is C13H22N2O. The van der Waals surface area contributed by atoms with Crippen LogP contribution in [0.3, 0.4) is 0 Å². The number of nitrogens with two attached hydrogens (primary N) is 1. The lowest BCUT2D eigenvalue weighted by molar-refractivity contribution is 0.302. The van der Waals surface area contributed by atoms with E-state index in [1.165, 1.54) is 0 Å². The van der Waals surface area contributed by atoms with Crippen LogP contribution in [0.5, 0.6) is 0 Å². The first kappa shape index (κ1) is 13.0. The van der Waals surface area contributed by atoms with E-state index >= 15 is 0 Å². The molecule has 0 spiro atoms. The summed E-state index contributed by atoms with van der Waals surface area (Å²) in [5.74, 6) is 0. The van der Waals surface area contributed by atoms with Crippen molar-refractivity contribution in [2.75, 3.05) is 24.6 Å². The highest BCUT2D eigenvalue weighted by atomic mass is 16.3. The van der Waals surface area contributed by atoms with Gasteiger partial charge in [0.25, 0.3) is 0 Å². The van der Waals surface area contributed by atoms with Crippen molar-refractivity contribution in [1.82, 2.24) is 0 Å². The molecule has 0 saturated heterocycles. The third-order valence-electron chi connectivity index (χ3n) is 2.65. The van der Waals surface area contributed by atoms with Gasteiger partial charge in [0, 0.05) is 24.8 Å². The van der Waals surface area contributed by atoms with E-state index in [1.54, 1.807) is 0 Å². The Morgan fingerprint density at radius 1 is 1.25 bits per heavy atom. The standard InChI is InChI=1S/C13H22N2O/c1-3-8-15(9-10-16)13-6-4-12(5-7-13)11(2)14/h4-7,11,16H,3,8-10,14H2,1-2H3/t11-/m0/s1. The predicted octanol–water partition coefficient (Wildman–Crippen LogP) is 1.92. The average Bonchev–Trinajstić information content (AvgIpc) is 2.29. The number of hydrogen-bond donors (Lipinski definition) is 2. The first-order valence-electron chi connectivity index (χ1n) is 5.90. The van der Waals surface area contributed by atoms with Gasteiger partial charge in [-0.05, 0) is 31.0 Å². The van der Waals surface area contributed by atoms with Gasteiger partial charge in [-0.3, -0.25) is 0 Å². The molecular weight excluding hydrogens is 200 g/mol. The Balaban J connectivity index is 2.76. The van der Waals surface area contributed by atoms with Gasteiger partial charge in [0.1, 0.15) is 0 Å². The first-order chi connectivity index (χ1) is 7.69. The molecule has 0 aliphatic heterocycles. The van der Waals surface area contributed by atoms with Crippen molar-refractivity contribution >= 4 is 5.69 Å². The van der Waals surface area contributed by atoms with E-state index in [2.05, 4.69) is 36.1 Å². The average molecular weight is 222 g/mol. The summed E-state index contributed by atoms with van der Waals surface area (Å²) in [6.07, 6.45) is 1.08. The van der Waals surface area contributed by atoms with Gasteiger partial charge < -0.3 is 15.7 Å². The highest BCUT2D eigenvalue weighted by molar-refractivity contribution is 5.47. The molecule has 16 heavy (non-hydrogen) atoms. The summed E-state index contributed by atoms with van der Waals surface area (Å²) in [7, 11) is 0. The number of aliphatic hydroxyl groups excluding tert-OH is 1. The monoisotopic (exact) mass is 222 g/mol. The van der Waals surface area contributed by atoms with Crippen molar-refractivity contribution in [3.63, 3.8) is 0 Å². The van der Waals surface area contributed by atoms with Crippen molar-refractivity contribution in [3.8, 4) is 0 Å². The molecule has 0 saturated carbocycles. The smallest absolute Gasteiger partial charge is 0.0606 e. The summed E-state index contributed by atoms with van der Waals surface area (Å²) in [5.41, 5.74) is 8.10. The zero-order valence-electron chi connectivity index (χ0n) is 10.2. The Labute approximate surface area is 97.9 Å². The van der Waals surface area contributed by atoms with E-state index < -0.39 is 0 Å². The Morgan fingerprint density at radius 3 is 2.31 bits per heavy atom. The topological polar surface area (TPSA) is 49.5 Å². The normalized spacial score (nSPS) is 12.5. The van der Waals surface area contributed by atoms with E-state index in [-0.39, 0.29) is 12.6 Å². The minimum Gasteiger partial charge on any atom is -0.395 e. The molecule has 1 aromatic rings. The van der Waals surface area contributed by atoms with Crippen molar-refractivity contribution in [2.45, 2.75) is 26.3 Å². The van der Waals surface area contributed by atoms with E-state index in [9.17, 15) is 0 Å². The summed E-state index contributed by atoms with van der Waals surface area (Å²) in [6, 6.07) is 8.33. The molecule has 3 heteroatoms. The molecule has 0 fully saturated rings. The Bertz CT molecular complexity index is 289. The maximum absolute atomic E-state index is 9.01. The molecule has 0 aliphatic rings. The fourth-order valence-electron chi connectivity index (χ4n) is 1.75. The van der Waals surface area contributed by atoms with Crippen molar-refractivity contribution in [1.29, 1.82) is 0 Å². The van der Waals surface area contributed by atoms with Gasteiger partial charge in [0.15, 0.2) is 0 Å².